The molecule has 0 radical (unpaired) electrons. The van der Waals surface area contributed by atoms with Crippen molar-refractivity contribution in [2.45, 2.75) is 20.8 Å². The maximum Gasteiger partial charge on any atom is 0.338 e. The second-order valence-corrected chi connectivity index (χ2v) is 5.38. The van der Waals surface area contributed by atoms with E-state index >= 15 is 0 Å². The summed E-state index contributed by atoms with van der Waals surface area (Å²) in [4.78, 5) is 37.0. The third-order valence-electron chi connectivity index (χ3n) is 3.73. The zero-order valence-electron chi connectivity index (χ0n) is 13.8. The van der Waals surface area contributed by atoms with Gasteiger partial charge in [0.25, 0.3) is 0 Å². The topological polar surface area (TPSA) is 80.7 Å². The van der Waals surface area contributed by atoms with Gasteiger partial charge in [0.05, 0.1) is 17.7 Å². The first kappa shape index (κ1) is 17.4. The number of ether oxygens (including phenoxy) is 1. The van der Waals surface area contributed by atoms with Gasteiger partial charge < -0.3 is 9.84 Å². The van der Waals surface area contributed by atoms with Gasteiger partial charge in [0.2, 0.25) is 11.6 Å². The Balaban J connectivity index is 2.45. The second-order valence-electron chi connectivity index (χ2n) is 5.38. The number of carbonyl (C=O) groups excluding carboxylic acids is 3. The van der Waals surface area contributed by atoms with E-state index in [-0.39, 0.29) is 29.0 Å². The molecule has 0 aliphatic rings. The zero-order chi connectivity index (χ0) is 17.9. The van der Waals surface area contributed by atoms with Crippen molar-refractivity contribution in [2.24, 2.45) is 0 Å². The quantitative estimate of drug-likeness (QED) is 0.518. The van der Waals surface area contributed by atoms with Crippen LogP contribution in [0.1, 0.15) is 49.1 Å². The molecule has 5 nitrogen and oxygen atoms in total. The van der Waals surface area contributed by atoms with E-state index in [0.29, 0.717) is 0 Å². The Labute approximate surface area is 139 Å². The number of esters is 1. The predicted molar refractivity (Wildman–Crippen MR) is 88.6 cm³/mol. The van der Waals surface area contributed by atoms with Crippen LogP contribution in [0.25, 0.3) is 0 Å². The molecular formula is C19H18O5. The van der Waals surface area contributed by atoms with Gasteiger partial charge in [-0.2, -0.15) is 0 Å². The van der Waals surface area contributed by atoms with Gasteiger partial charge in [-0.25, -0.2) is 4.79 Å². The largest absolute Gasteiger partial charge is 0.507 e. The molecule has 0 saturated carbocycles. The molecule has 5 heteroatoms. The van der Waals surface area contributed by atoms with E-state index in [4.69, 9.17) is 4.74 Å². The van der Waals surface area contributed by atoms with Crippen LogP contribution in [0.3, 0.4) is 0 Å². The Morgan fingerprint density at radius 1 is 0.917 bits per heavy atom. The summed E-state index contributed by atoms with van der Waals surface area (Å²) in [5, 5.41) is 9.98. The SMILES string of the molecule is CCOC(=O)c1ccccc1C(=O)C(=O)c1cc(C)c(C)cc1O. The van der Waals surface area contributed by atoms with E-state index < -0.39 is 17.5 Å². The molecule has 0 saturated heterocycles. The lowest BCUT2D eigenvalue weighted by Gasteiger charge is -2.09. The van der Waals surface area contributed by atoms with E-state index in [1.165, 1.54) is 24.3 Å². The highest BCUT2D eigenvalue weighted by Gasteiger charge is 2.26. The highest BCUT2D eigenvalue weighted by atomic mass is 16.5. The minimum Gasteiger partial charge on any atom is -0.507 e. The number of phenolic OH excluding ortho intramolecular Hbond substituents is 1. The molecule has 0 amide bonds. The van der Waals surface area contributed by atoms with Gasteiger partial charge in [0, 0.05) is 5.56 Å². The first-order valence-electron chi connectivity index (χ1n) is 7.52. The summed E-state index contributed by atoms with van der Waals surface area (Å²) in [7, 11) is 0. The van der Waals surface area contributed by atoms with Crippen molar-refractivity contribution in [2.75, 3.05) is 6.61 Å². The molecule has 0 heterocycles. The number of rotatable bonds is 5. The fourth-order valence-corrected chi connectivity index (χ4v) is 2.30. The molecule has 0 spiro atoms. The number of aryl methyl sites for hydroxylation is 2. The molecule has 0 aliphatic carbocycles. The predicted octanol–water partition coefficient (Wildman–Crippen LogP) is 3.25. The molecule has 124 valence electrons. The number of phenols is 1. The van der Waals surface area contributed by atoms with Crippen molar-refractivity contribution in [3.8, 4) is 5.75 Å². The lowest BCUT2D eigenvalue weighted by molar-refractivity contribution is 0.0523. The van der Waals surface area contributed by atoms with Crippen LogP contribution in [0.4, 0.5) is 0 Å². The van der Waals surface area contributed by atoms with Gasteiger partial charge in [-0.3, -0.25) is 9.59 Å². The van der Waals surface area contributed by atoms with E-state index in [9.17, 15) is 19.5 Å². The van der Waals surface area contributed by atoms with Gasteiger partial charge in [-0.1, -0.05) is 18.2 Å². The van der Waals surface area contributed by atoms with Crippen molar-refractivity contribution in [3.63, 3.8) is 0 Å². The van der Waals surface area contributed by atoms with Gasteiger partial charge in [0.1, 0.15) is 5.75 Å². The molecule has 2 aromatic rings. The number of benzene rings is 2. The van der Waals surface area contributed by atoms with Crippen LogP contribution in [0.5, 0.6) is 5.75 Å². The standard InChI is InChI=1S/C19H18O5/c1-4-24-19(23)14-8-6-5-7-13(14)17(21)18(22)15-9-11(2)12(3)10-16(15)20/h5-10,20H,4H2,1-3H3. The van der Waals surface area contributed by atoms with Gasteiger partial charge in [-0.15, -0.1) is 0 Å². The van der Waals surface area contributed by atoms with Gasteiger partial charge in [-0.05, 0) is 50.1 Å². The average molecular weight is 326 g/mol. The summed E-state index contributed by atoms with van der Waals surface area (Å²) in [6.45, 7) is 5.39. The molecule has 2 aromatic carbocycles. The minimum atomic E-state index is -0.868. The van der Waals surface area contributed by atoms with Crippen LogP contribution in [-0.2, 0) is 4.74 Å². The maximum atomic E-state index is 12.6. The number of aromatic hydroxyl groups is 1. The van der Waals surface area contributed by atoms with E-state index in [1.54, 1.807) is 32.9 Å². The van der Waals surface area contributed by atoms with Crippen molar-refractivity contribution in [1.29, 1.82) is 0 Å². The monoisotopic (exact) mass is 326 g/mol. The zero-order valence-corrected chi connectivity index (χ0v) is 13.8. The molecular weight excluding hydrogens is 308 g/mol. The molecule has 0 aliphatic heterocycles. The van der Waals surface area contributed by atoms with Crippen LogP contribution in [0.2, 0.25) is 0 Å². The number of hydrogen-bond donors (Lipinski definition) is 1. The summed E-state index contributed by atoms with van der Waals surface area (Å²) in [6, 6.07) is 8.87. The number of carbonyl (C=O) groups is 3. The number of hydrogen-bond acceptors (Lipinski definition) is 5. The third-order valence-corrected chi connectivity index (χ3v) is 3.73. The molecule has 0 fully saturated rings. The molecule has 0 aromatic heterocycles. The molecule has 0 atom stereocenters. The van der Waals surface area contributed by atoms with Crippen molar-refractivity contribution < 1.29 is 24.2 Å². The van der Waals surface area contributed by atoms with E-state index in [2.05, 4.69) is 0 Å². The van der Waals surface area contributed by atoms with Crippen LogP contribution in [-0.4, -0.2) is 29.2 Å². The Morgan fingerprint density at radius 2 is 1.46 bits per heavy atom. The lowest BCUT2D eigenvalue weighted by Crippen LogP contribution is -2.19. The lowest BCUT2D eigenvalue weighted by atomic mass is 9.95. The summed E-state index contributed by atoms with van der Waals surface area (Å²) in [6.07, 6.45) is 0. The summed E-state index contributed by atoms with van der Waals surface area (Å²) >= 11 is 0. The van der Waals surface area contributed by atoms with E-state index in [1.807, 2.05) is 0 Å². The highest BCUT2D eigenvalue weighted by Crippen LogP contribution is 2.24. The Hall–Kier alpha value is -2.95. The third kappa shape index (κ3) is 3.35. The van der Waals surface area contributed by atoms with Crippen LogP contribution < -0.4 is 0 Å². The normalized spacial score (nSPS) is 10.3. The smallest absolute Gasteiger partial charge is 0.338 e. The van der Waals surface area contributed by atoms with Crippen LogP contribution >= 0.6 is 0 Å². The minimum absolute atomic E-state index is 0.0287. The molecule has 1 N–H and O–H groups in total. The highest BCUT2D eigenvalue weighted by molar-refractivity contribution is 6.50. The van der Waals surface area contributed by atoms with Crippen molar-refractivity contribution in [3.05, 3.63) is 64.2 Å². The van der Waals surface area contributed by atoms with Crippen LogP contribution in [0, 0.1) is 13.8 Å². The second kappa shape index (κ2) is 7.08. The fraction of sp³-hybridized carbons (Fsp3) is 0.211. The molecule has 2 rings (SSSR count). The van der Waals surface area contributed by atoms with Crippen LogP contribution in [0.15, 0.2) is 36.4 Å². The fourth-order valence-electron chi connectivity index (χ4n) is 2.30. The average Bonchev–Trinajstić information content (AvgIpc) is 2.57. The summed E-state index contributed by atoms with van der Waals surface area (Å²) < 4.78 is 4.91. The number of ketones is 2. The summed E-state index contributed by atoms with van der Waals surface area (Å²) in [5.74, 6) is -2.66. The Bertz CT molecular complexity index is 821. The molecule has 0 unspecified atom stereocenters. The summed E-state index contributed by atoms with van der Waals surface area (Å²) in [5.41, 5.74) is 1.49. The first-order valence-corrected chi connectivity index (χ1v) is 7.52. The molecule has 24 heavy (non-hydrogen) atoms. The van der Waals surface area contributed by atoms with Gasteiger partial charge in [0.15, 0.2) is 0 Å². The Kier molecular flexibility index (Phi) is 5.14. The van der Waals surface area contributed by atoms with Crippen molar-refractivity contribution >= 4 is 17.5 Å². The van der Waals surface area contributed by atoms with Crippen molar-refractivity contribution in [1.82, 2.24) is 0 Å². The molecule has 0 bridgehead atoms. The Morgan fingerprint density at radius 3 is 2.08 bits per heavy atom. The maximum absolute atomic E-state index is 12.6. The van der Waals surface area contributed by atoms with Gasteiger partial charge >= 0.3 is 5.97 Å². The first-order chi connectivity index (χ1) is 11.4. The number of Topliss-reactive ketones (excluding diaryl/α,β-unsaturated/α-hetero) is 2. The van der Waals surface area contributed by atoms with E-state index in [0.717, 1.165) is 11.1 Å².